The van der Waals surface area contributed by atoms with Gasteiger partial charge in [-0.2, -0.15) is 9.78 Å². The van der Waals surface area contributed by atoms with E-state index in [1.54, 1.807) is 18.9 Å². The highest BCUT2D eigenvalue weighted by molar-refractivity contribution is 5.95. The Kier molecular flexibility index (Phi) is 4.22. The van der Waals surface area contributed by atoms with Gasteiger partial charge in [-0.25, -0.2) is 4.98 Å². The highest BCUT2D eigenvalue weighted by Gasteiger charge is 2.38. The summed E-state index contributed by atoms with van der Waals surface area (Å²) in [7, 11) is 3.14. The maximum Gasteiger partial charge on any atom is 0.231 e. The number of imidazole rings is 1. The lowest BCUT2D eigenvalue weighted by molar-refractivity contribution is -0.116. The molecule has 2 aromatic carbocycles. The second kappa shape index (κ2) is 7.16. The fraction of sp³-hybridized carbons (Fsp3) is 0.261. The van der Waals surface area contributed by atoms with Crippen molar-refractivity contribution >= 4 is 22.8 Å². The Morgan fingerprint density at radius 1 is 1.15 bits per heavy atom. The summed E-state index contributed by atoms with van der Waals surface area (Å²) in [6.45, 7) is 1.99. The van der Waals surface area contributed by atoms with Crippen LogP contribution in [-0.2, 0) is 4.79 Å². The van der Waals surface area contributed by atoms with Gasteiger partial charge in [0.2, 0.25) is 30.1 Å². The Hall–Kier alpha value is -4.21. The molecule has 2 aromatic heterocycles. The molecule has 10 heteroatoms. The first-order valence-electron chi connectivity index (χ1n) is 10.5. The second-order valence-electron chi connectivity index (χ2n) is 7.91. The Morgan fingerprint density at radius 3 is 2.76 bits per heavy atom. The van der Waals surface area contributed by atoms with E-state index in [4.69, 9.17) is 24.0 Å². The number of hydrogen-bond donors (Lipinski definition) is 2. The zero-order valence-corrected chi connectivity index (χ0v) is 18.3. The number of aromatic amines is 1. The average Bonchev–Trinajstić information content (AvgIpc) is 3.54. The number of hydrogen-bond acceptors (Lipinski definition) is 7. The van der Waals surface area contributed by atoms with Gasteiger partial charge in [0.05, 0.1) is 30.9 Å². The monoisotopic (exact) mass is 447 g/mol. The Labute approximate surface area is 188 Å². The van der Waals surface area contributed by atoms with Gasteiger partial charge in [0.25, 0.3) is 0 Å². The second-order valence-corrected chi connectivity index (χ2v) is 7.91. The van der Waals surface area contributed by atoms with E-state index in [1.807, 2.05) is 37.3 Å². The standard InChI is InChI=1S/C23H21N5O5/c1-11-18-12(13-8-16(30-2)20-21(19(13)31-3)33-10-32-20)9-17(29)26-22(18)28(27-11)23-24-14-6-4-5-7-15(14)25-23/h4-8,12H,9-10H2,1-3H3,(H,24,25)(H,26,29). The molecule has 33 heavy (non-hydrogen) atoms. The molecule has 0 fully saturated rings. The van der Waals surface area contributed by atoms with Crippen LogP contribution in [0.5, 0.6) is 23.0 Å². The molecule has 4 heterocycles. The van der Waals surface area contributed by atoms with Crippen LogP contribution in [0.15, 0.2) is 30.3 Å². The quantitative estimate of drug-likeness (QED) is 0.494. The van der Waals surface area contributed by atoms with Gasteiger partial charge in [-0.1, -0.05) is 12.1 Å². The summed E-state index contributed by atoms with van der Waals surface area (Å²) in [6.07, 6.45) is 0.221. The molecule has 0 bridgehead atoms. The lowest BCUT2D eigenvalue weighted by atomic mass is 9.84. The van der Waals surface area contributed by atoms with Crippen molar-refractivity contribution in [1.29, 1.82) is 0 Å². The minimum absolute atomic E-state index is 0.0743. The third kappa shape index (κ3) is 2.83. The van der Waals surface area contributed by atoms with Crippen LogP contribution in [0.1, 0.15) is 29.2 Å². The Morgan fingerprint density at radius 2 is 1.97 bits per heavy atom. The van der Waals surface area contributed by atoms with E-state index < -0.39 is 0 Å². The first-order chi connectivity index (χ1) is 16.1. The number of nitrogens with zero attached hydrogens (tertiary/aromatic N) is 3. The molecule has 0 spiro atoms. The molecule has 0 aliphatic carbocycles. The van der Waals surface area contributed by atoms with E-state index in [0.29, 0.717) is 34.8 Å². The van der Waals surface area contributed by atoms with E-state index in [-0.39, 0.29) is 25.0 Å². The number of carbonyl (C=O) groups is 1. The van der Waals surface area contributed by atoms with Gasteiger partial charge in [-0.05, 0) is 25.1 Å². The molecule has 0 saturated heterocycles. The van der Waals surface area contributed by atoms with Crippen LogP contribution in [0, 0.1) is 6.92 Å². The van der Waals surface area contributed by atoms with Crippen molar-refractivity contribution in [3.8, 4) is 28.9 Å². The number of ether oxygens (including phenoxy) is 4. The number of carbonyl (C=O) groups excluding carboxylic acids is 1. The summed E-state index contributed by atoms with van der Waals surface area (Å²) < 4.78 is 24.2. The van der Waals surface area contributed by atoms with Gasteiger partial charge in [0.15, 0.2) is 11.5 Å². The molecule has 2 N–H and O–H groups in total. The minimum Gasteiger partial charge on any atom is -0.493 e. The number of rotatable bonds is 4. The number of fused-ring (bicyclic) bond motifs is 3. The Balaban J connectivity index is 1.55. The summed E-state index contributed by atoms with van der Waals surface area (Å²) in [4.78, 5) is 20.8. The number of nitrogens with one attached hydrogen (secondary N) is 2. The number of amides is 1. The third-order valence-electron chi connectivity index (χ3n) is 6.07. The van der Waals surface area contributed by atoms with Crippen LogP contribution in [-0.4, -0.2) is 46.7 Å². The molecular weight excluding hydrogens is 426 g/mol. The zero-order valence-electron chi connectivity index (χ0n) is 18.3. The van der Waals surface area contributed by atoms with Crippen molar-refractivity contribution < 1.29 is 23.7 Å². The first kappa shape index (κ1) is 19.5. The Bertz CT molecular complexity index is 1390. The lowest BCUT2D eigenvalue weighted by Crippen LogP contribution is -2.25. The smallest absolute Gasteiger partial charge is 0.231 e. The van der Waals surface area contributed by atoms with Gasteiger partial charge >= 0.3 is 0 Å². The minimum atomic E-state index is -0.328. The van der Waals surface area contributed by atoms with Crippen molar-refractivity contribution in [2.24, 2.45) is 0 Å². The number of aryl methyl sites for hydroxylation is 1. The molecule has 0 saturated carbocycles. The highest BCUT2D eigenvalue weighted by atomic mass is 16.7. The van der Waals surface area contributed by atoms with E-state index in [2.05, 4.69) is 15.3 Å². The van der Waals surface area contributed by atoms with E-state index in [0.717, 1.165) is 27.9 Å². The molecule has 1 unspecified atom stereocenters. The van der Waals surface area contributed by atoms with Gasteiger partial charge in [0, 0.05) is 23.5 Å². The summed E-state index contributed by atoms with van der Waals surface area (Å²) in [5, 5.41) is 7.70. The molecule has 4 aromatic rings. The molecular formula is C23H21N5O5. The summed E-state index contributed by atoms with van der Waals surface area (Å²) >= 11 is 0. The number of H-pyrrole nitrogens is 1. The summed E-state index contributed by atoms with van der Waals surface area (Å²) in [5.41, 5.74) is 4.12. The number of methoxy groups -OCH3 is 2. The summed E-state index contributed by atoms with van der Waals surface area (Å²) in [6, 6.07) is 9.57. The highest BCUT2D eigenvalue weighted by Crippen LogP contribution is 2.54. The number of anilines is 1. The van der Waals surface area contributed by atoms with Crippen molar-refractivity contribution in [3.05, 3.63) is 47.2 Å². The summed E-state index contributed by atoms with van der Waals surface area (Å²) in [5.74, 6) is 2.64. The van der Waals surface area contributed by atoms with Gasteiger partial charge in [-0.15, -0.1) is 0 Å². The molecule has 2 aliphatic rings. The zero-order chi connectivity index (χ0) is 22.7. The predicted octanol–water partition coefficient (Wildman–Crippen LogP) is 3.28. The molecule has 168 valence electrons. The number of para-hydroxylation sites is 2. The first-order valence-corrected chi connectivity index (χ1v) is 10.5. The molecule has 2 aliphatic heterocycles. The van der Waals surface area contributed by atoms with Crippen LogP contribution in [0.4, 0.5) is 5.82 Å². The van der Waals surface area contributed by atoms with Gasteiger partial charge < -0.3 is 29.2 Å². The molecule has 1 atom stereocenters. The number of benzene rings is 2. The molecule has 0 radical (unpaired) electrons. The normalized spacial score (nSPS) is 16.6. The van der Waals surface area contributed by atoms with E-state index >= 15 is 0 Å². The molecule has 10 nitrogen and oxygen atoms in total. The van der Waals surface area contributed by atoms with Crippen LogP contribution >= 0.6 is 0 Å². The number of aromatic nitrogens is 4. The van der Waals surface area contributed by atoms with Crippen LogP contribution in [0.2, 0.25) is 0 Å². The predicted molar refractivity (Wildman–Crippen MR) is 119 cm³/mol. The van der Waals surface area contributed by atoms with Crippen molar-refractivity contribution in [2.45, 2.75) is 19.3 Å². The third-order valence-corrected chi connectivity index (χ3v) is 6.07. The van der Waals surface area contributed by atoms with E-state index in [9.17, 15) is 4.79 Å². The van der Waals surface area contributed by atoms with E-state index in [1.165, 1.54) is 0 Å². The van der Waals surface area contributed by atoms with Crippen molar-refractivity contribution in [2.75, 3.05) is 26.3 Å². The lowest BCUT2D eigenvalue weighted by Gasteiger charge is -2.26. The SMILES string of the molecule is COc1cc(C2CC(=O)Nc3c2c(C)nn3-c2nc3ccccc3[nH]2)c(OC)c2c1OCO2. The van der Waals surface area contributed by atoms with Crippen LogP contribution in [0.25, 0.3) is 17.0 Å². The average molecular weight is 447 g/mol. The largest absolute Gasteiger partial charge is 0.493 e. The molecule has 6 rings (SSSR count). The van der Waals surface area contributed by atoms with Gasteiger partial charge in [0.1, 0.15) is 5.82 Å². The van der Waals surface area contributed by atoms with Gasteiger partial charge in [-0.3, -0.25) is 4.79 Å². The van der Waals surface area contributed by atoms with Crippen molar-refractivity contribution in [3.63, 3.8) is 0 Å². The fourth-order valence-corrected chi connectivity index (χ4v) is 4.66. The maximum atomic E-state index is 12.9. The maximum absolute atomic E-state index is 12.9. The molecule has 1 amide bonds. The fourth-order valence-electron chi connectivity index (χ4n) is 4.66. The van der Waals surface area contributed by atoms with Crippen LogP contribution in [0.3, 0.4) is 0 Å². The topological polar surface area (TPSA) is 113 Å². The van der Waals surface area contributed by atoms with Crippen LogP contribution < -0.4 is 24.3 Å². The van der Waals surface area contributed by atoms with Crippen molar-refractivity contribution in [1.82, 2.24) is 19.7 Å².